The minimum atomic E-state index is -0.398. The van der Waals surface area contributed by atoms with Gasteiger partial charge in [-0.25, -0.2) is 4.79 Å². The van der Waals surface area contributed by atoms with Gasteiger partial charge in [-0.1, -0.05) is 15.9 Å². The van der Waals surface area contributed by atoms with Crippen molar-refractivity contribution in [1.29, 1.82) is 0 Å². The van der Waals surface area contributed by atoms with Crippen molar-refractivity contribution >= 4 is 26.8 Å². The Kier molecular flexibility index (Phi) is 2.03. The van der Waals surface area contributed by atoms with Crippen LogP contribution in [-0.4, -0.2) is 9.55 Å². The number of hydrogen-bond acceptors (Lipinski definition) is 2. The average molecular weight is 255 g/mol. The van der Waals surface area contributed by atoms with E-state index in [1.165, 1.54) is 7.05 Å². The third-order valence-electron chi connectivity index (χ3n) is 2.06. The van der Waals surface area contributed by atoms with Crippen molar-refractivity contribution in [1.82, 2.24) is 9.55 Å². The lowest BCUT2D eigenvalue weighted by Gasteiger charge is -2.00. The first-order chi connectivity index (χ1) is 6.59. The van der Waals surface area contributed by atoms with Gasteiger partial charge in [-0.15, -0.1) is 0 Å². The topological polar surface area (TPSA) is 54.9 Å². The van der Waals surface area contributed by atoms with Crippen molar-refractivity contribution in [3.05, 3.63) is 43.5 Å². The van der Waals surface area contributed by atoms with Crippen molar-refractivity contribution in [2.45, 2.75) is 0 Å². The maximum atomic E-state index is 11.6. The van der Waals surface area contributed by atoms with Crippen LogP contribution in [0, 0.1) is 0 Å². The number of nitrogens with one attached hydrogen (secondary N) is 1. The van der Waals surface area contributed by atoms with Crippen LogP contribution in [0.4, 0.5) is 0 Å². The summed E-state index contributed by atoms with van der Waals surface area (Å²) in [6.07, 6.45) is 0. The Bertz CT molecular complexity index is 612. The van der Waals surface area contributed by atoms with E-state index in [0.29, 0.717) is 10.9 Å². The molecule has 1 aromatic carbocycles. The maximum Gasteiger partial charge on any atom is 0.328 e. The highest BCUT2D eigenvalue weighted by atomic mass is 79.9. The molecule has 4 nitrogen and oxygen atoms in total. The summed E-state index contributed by atoms with van der Waals surface area (Å²) in [4.78, 5) is 25.5. The molecule has 0 saturated heterocycles. The zero-order chi connectivity index (χ0) is 10.3. The Labute approximate surface area is 87.3 Å². The van der Waals surface area contributed by atoms with Crippen molar-refractivity contribution < 1.29 is 0 Å². The van der Waals surface area contributed by atoms with E-state index in [4.69, 9.17) is 0 Å². The molecule has 1 N–H and O–H groups in total. The fourth-order valence-corrected chi connectivity index (χ4v) is 1.64. The fraction of sp³-hybridized carbons (Fsp3) is 0.111. The summed E-state index contributed by atoms with van der Waals surface area (Å²) in [5, 5.41) is 0.501. The monoisotopic (exact) mass is 254 g/mol. The van der Waals surface area contributed by atoms with Crippen LogP contribution in [0.2, 0.25) is 0 Å². The van der Waals surface area contributed by atoms with Crippen LogP contribution >= 0.6 is 15.9 Å². The number of H-pyrrole nitrogens is 1. The van der Waals surface area contributed by atoms with E-state index < -0.39 is 5.69 Å². The first-order valence-electron chi connectivity index (χ1n) is 3.98. The second kappa shape index (κ2) is 3.09. The molecule has 5 heteroatoms. The SMILES string of the molecule is Cn1c(=O)[nH]c2ccc(Br)cc2c1=O. The minimum Gasteiger partial charge on any atom is -0.307 e. The summed E-state index contributed by atoms with van der Waals surface area (Å²) in [5.74, 6) is 0. The smallest absolute Gasteiger partial charge is 0.307 e. The molecule has 0 fully saturated rings. The normalized spacial score (nSPS) is 10.7. The Hall–Kier alpha value is -1.36. The highest BCUT2D eigenvalue weighted by molar-refractivity contribution is 9.10. The van der Waals surface area contributed by atoms with Gasteiger partial charge in [-0.05, 0) is 18.2 Å². The zero-order valence-electron chi connectivity index (χ0n) is 7.37. The van der Waals surface area contributed by atoms with Crippen molar-refractivity contribution in [2.24, 2.45) is 7.05 Å². The van der Waals surface area contributed by atoms with Gasteiger partial charge in [0.25, 0.3) is 5.56 Å². The molecule has 0 amide bonds. The van der Waals surface area contributed by atoms with Gasteiger partial charge >= 0.3 is 5.69 Å². The van der Waals surface area contributed by atoms with Crippen LogP contribution in [0.15, 0.2) is 32.3 Å². The van der Waals surface area contributed by atoms with Gasteiger partial charge in [0.2, 0.25) is 0 Å². The fourth-order valence-electron chi connectivity index (χ4n) is 1.27. The van der Waals surface area contributed by atoms with E-state index in [1.54, 1.807) is 18.2 Å². The molecule has 0 aliphatic heterocycles. The maximum absolute atomic E-state index is 11.6. The Morgan fingerprint density at radius 1 is 1.36 bits per heavy atom. The van der Waals surface area contributed by atoms with Gasteiger partial charge < -0.3 is 4.98 Å². The predicted molar refractivity (Wildman–Crippen MR) is 57.5 cm³/mol. The molecule has 2 rings (SSSR count). The molecule has 0 saturated carbocycles. The quantitative estimate of drug-likeness (QED) is 0.763. The molecule has 0 atom stereocenters. The molecular weight excluding hydrogens is 248 g/mol. The summed E-state index contributed by atoms with van der Waals surface area (Å²) in [7, 11) is 1.45. The lowest BCUT2D eigenvalue weighted by molar-refractivity contribution is 0.794. The standard InChI is InChI=1S/C9H7BrN2O2/c1-12-8(13)6-4-5(10)2-3-7(6)11-9(12)14/h2-4H,1H3,(H,11,14). The number of hydrogen-bond donors (Lipinski definition) is 1. The minimum absolute atomic E-state index is 0.287. The number of aromatic amines is 1. The summed E-state index contributed by atoms with van der Waals surface area (Å²) < 4.78 is 1.86. The lowest BCUT2D eigenvalue weighted by atomic mass is 10.2. The third-order valence-corrected chi connectivity index (χ3v) is 2.56. The summed E-state index contributed by atoms with van der Waals surface area (Å²) in [6, 6.07) is 5.16. The lowest BCUT2D eigenvalue weighted by Crippen LogP contribution is -2.32. The Morgan fingerprint density at radius 3 is 2.79 bits per heavy atom. The van der Waals surface area contributed by atoms with Gasteiger partial charge in [0.1, 0.15) is 0 Å². The zero-order valence-corrected chi connectivity index (χ0v) is 8.96. The van der Waals surface area contributed by atoms with E-state index in [-0.39, 0.29) is 5.56 Å². The van der Waals surface area contributed by atoms with Gasteiger partial charge in [0.15, 0.2) is 0 Å². The molecule has 1 aromatic heterocycles. The molecule has 0 unspecified atom stereocenters. The summed E-state index contributed by atoms with van der Waals surface area (Å²) in [6.45, 7) is 0. The number of aromatic nitrogens is 2. The number of benzene rings is 1. The largest absolute Gasteiger partial charge is 0.328 e. The van der Waals surface area contributed by atoms with Crippen LogP contribution in [-0.2, 0) is 7.05 Å². The number of halogens is 1. The van der Waals surface area contributed by atoms with E-state index >= 15 is 0 Å². The van der Waals surface area contributed by atoms with Crippen molar-refractivity contribution in [2.75, 3.05) is 0 Å². The molecule has 0 radical (unpaired) electrons. The summed E-state index contributed by atoms with van der Waals surface area (Å²) >= 11 is 3.27. The molecule has 14 heavy (non-hydrogen) atoms. The number of rotatable bonds is 0. The second-order valence-corrected chi connectivity index (χ2v) is 3.90. The van der Waals surface area contributed by atoms with Crippen LogP contribution in [0.25, 0.3) is 10.9 Å². The predicted octanol–water partition coefficient (Wildman–Crippen LogP) is 0.989. The molecule has 72 valence electrons. The first-order valence-corrected chi connectivity index (χ1v) is 4.77. The Balaban J connectivity index is 3.07. The van der Waals surface area contributed by atoms with E-state index in [0.717, 1.165) is 9.04 Å². The van der Waals surface area contributed by atoms with E-state index in [1.807, 2.05) is 0 Å². The second-order valence-electron chi connectivity index (χ2n) is 2.98. The molecule has 0 bridgehead atoms. The van der Waals surface area contributed by atoms with Crippen LogP contribution in [0.5, 0.6) is 0 Å². The van der Waals surface area contributed by atoms with Gasteiger partial charge in [-0.2, -0.15) is 0 Å². The summed E-state index contributed by atoms with van der Waals surface area (Å²) in [5.41, 5.74) is -0.129. The van der Waals surface area contributed by atoms with Gasteiger partial charge in [0, 0.05) is 11.5 Å². The number of nitrogens with zero attached hydrogens (tertiary/aromatic N) is 1. The Morgan fingerprint density at radius 2 is 2.07 bits per heavy atom. The third kappa shape index (κ3) is 1.29. The molecular formula is C9H7BrN2O2. The highest BCUT2D eigenvalue weighted by Crippen LogP contribution is 2.13. The van der Waals surface area contributed by atoms with Gasteiger partial charge in [0.05, 0.1) is 10.9 Å². The van der Waals surface area contributed by atoms with Gasteiger partial charge in [-0.3, -0.25) is 9.36 Å². The van der Waals surface area contributed by atoms with E-state index in [2.05, 4.69) is 20.9 Å². The molecule has 0 spiro atoms. The van der Waals surface area contributed by atoms with Crippen LogP contribution < -0.4 is 11.2 Å². The van der Waals surface area contributed by atoms with Crippen molar-refractivity contribution in [3.8, 4) is 0 Å². The molecule has 2 aromatic rings. The van der Waals surface area contributed by atoms with E-state index in [9.17, 15) is 9.59 Å². The number of fused-ring (bicyclic) bond motifs is 1. The average Bonchev–Trinajstić information content (AvgIpc) is 2.16. The molecule has 0 aliphatic rings. The first kappa shape index (κ1) is 9.21. The highest BCUT2D eigenvalue weighted by Gasteiger charge is 2.03. The van der Waals surface area contributed by atoms with Crippen LogP contribution in [0.1, 0.15) is 0 Å². The van der Waals surface area contributed by atoms with Crippen molar-refractivity contribution in [3.63, 3.8) is 0 Å². The van der Waals surface area contributed by atoms with Crippen LogP contribution in [0.3, 0.4) is 0 Å². The molecule has 1 heterocycles. The molecule has 0 aliphatic carbocycles.